The number of ether oxygens (including phenoxy) is 1. The van der Waals surface area contributed by atoms with Crippen molar-refractivity contribution in [1.29, 1.82) is 5.26 Å². The van der Waals surface area contributed by atoms with Gasteiger partial charge in [0.05, 0.1) is 18.8 Å². The Kier molecular flexibility index (Phi) is 5.75. The van der Waals surface area contributed by atoms with Gasteiger partial charge in [0.1, 0.15) is 0 Å². The van der Waals surface area contributed by atoms with Gasteiger partial charge in [-0.25, -0.2) is 12.7 Å². The number of sulfonamides is 1. The largest absolute Gasteiger partial charge is 0.389 e. The molecule has 2 atom stereocenters. The highest BCUT2D eigenvalue weighted by atomic mass is 32.2. The van der Waals surface area contributed by atoms with Crippen molar-refractivity contribution in [2.24, 2.45) is 0 Å². The minimum absolute atomic E-state index is 0.0563. The first-order valence-corrected chi connectivity index (χ1v) is 5.88. The minimum Gasteiger partial charge on any atom is -0.389 e. The first-order valence-electron chi connectivity index (χ1n) is 4.38. The highest BCUT2D eigenvalue weighted by Crippen LogP contribution is 2.06. The molecule has 0 aliphatic rings. The summed E-state index contributed by atoms with van der Waals surface area (Å²) in [5, 5.41) is 16.7. The molecule has 0 aromatic carbocycles. The molecule has 0 bridgehead atoms. The standard InChI is InChI=1S/C8H16N2O4S/c1-7(4-9)15(12,13)10(2)5-8(11)6-14-3/h7-8,11H,5-6H2,1-3H3. The van der Waals surface area contributed by atoms with Crippen molar-refractivity contribution >= 4 is 10.0 Å². The average Bonchev–Trinajstić information content (AvgIpc) is 2.16. The van der Waals surface area contributed by atoms with Crippen molar-refractivity contribution in [3.05, 3.63) is 0 Å². The summed E-state index contributed by atoms with van der Waals surface area (Å²) in [6.07, 6.45) is -0.888. The number of nitrogens with zero attached hydrogens (tertiary/aromatic N) is 2. The maximum atomic E-state index is 11.6. The Hall–Kier alpha value is -0.680. The summed E-state index contributed by atoms with van der Waals surface area (Å²) < 4.78 is 28.7. The van der Waals surface area contributed by atoms with E-state index in [4.69, 9.17) is 5.26 Å². The van der Waals surface area contributed by atoms with Crippen LogP contribution in [0.15, 0.2) is 0 Å². The van der Waals surface area contributed by atoms with E-state index in [-0.39, 0.29) is 13.2 Å². The van der Waals surface area contributed by atoms with Crippen molar-refractivity contribution in [3.63, 3.8) is 0 Å². The lowest BCUT2D eigenvalue weighted by Gasteiger charge is -2.21. The number of rotatable bonds is 6. The molecule has 7 heteroatoms. The van der Waals surface area contributed by atoms with Gasteiger partial charge in [-0.1, -0.05) is 0 Å². The Balaban J connectivity index is 4.46. The number of methoxy groups -OCH3 is 1. The fraction of sp³-hybridized carbons (Fsp3) is 0.875. The molecule has 15 heavy (non-hydrogen) atoms. The molecule has 0 heterocycles. The zero-order valence-electron chi connectivity index (χ0n) is 9.04. The number of hydrogen-bond acceptors (Lipinski definition) is 5. The van der Waals surface area contributed by atoms with E-state index in [0.717, 1.165) is 4.31 Å². The van der Waals surface area contributed by atoms with E-state index in [1.807, 2.05) is 0 Å². The number of aliphatic hydroxyl groups excluding tert-OH is 1. The molecule has 2 unspecified atom stereocenters. The zero-order valence-corrected chi connectivity index (χ0v) is 9.86. The molecule has 0 spiro atoms. The molecular weight excluding hydrogens is 220 g/mol. The summed E-state index contributed by atoms with van der Waals surface area (Å²) in [6, 6.07) is 1.65. The molecular formula is C8H16N2O4S. The van der Waals surface area contributed by atoms with Gasteiger partial charge in [-0.3, -0.25) is 0 Å². The van der Waals surface area contributed by atoms with Crippen molar-refractivity contribution in [1.82, 2.24) is 4.31 Å². The Morgan fingerprint density at radius 2 is 2.13 bits per heavy atom. The Bertz CT molecular complexity index is 322. The second kappa shape index (κ2) is 6.02. The Labute approximate surface area is 90.1 Å². The van der Waals surface area contributed by atoms with Crippen LogP contribution in [-0.4, -0.2) is 56.5 Å². The first kappa shape index (κ1) is 14.3. The zero-order chi connectivity index (χ0) is 12.1. The quantitative estimate of drug-likeness (QED) is 0.650. The van der Waals surface area contributed by atoms with E-state index in [0.29, 0.717) is 0 Å². The van der Waals surface area contributed by atoms with Gasteiger partial charge in [-0.05, 0) is 6.92 Å². The number of nitriles is 1. The van der Waals surface area contributed by atoms with Crippen LogP contribution in [0.2, 0.25) is 0 Å². The molecule has 0 amide bonds. The van der Waals surface area contributed by atoms with Crippen LogP contribution in [0, 0.1) is 11.3 Å². The summed E-state index contributed by atoms with van der Waals surface area (Å²) in [6.45, 7) is 1.28. The average molecular weight is 236 g/mol. The monoisotopic (exact) mass is 236 g/mol. The summed E-state index contributed by atoms with van der Waals surface area (Å²) in [7, 11) is -0.912. The molecule has 6 nitrogen and oxygen atoms in total. The number of aliphatic hydroxyl groups is 1. The Morgan fingerprint density at radius 3 is 2.53 bits per heavy atom. The lowest BCUT2D eigenvalue weighted by atomic mass is 10.4. The van der Waals surface area contributed by atoms with Gasteiger partial charge in [0.15, 0.2) is 5.25 Å². The minimum atomic E-state index is -3.65. The third kappa shape index (κ3) is 4.13. The van der Waals surface area contributed by atoms with Gasteiger partial charge in [0.25, 0.3) is 0 Å². The lowest BCUT2D eigenvalue weighted by molar-refractivity contribution is 0.0553. The summed E-state index contributed by atoms with van der Waals surface area (Å²) >= 11 is 0. The maximum Gasteiger partial charge on any atom is 0.230 e. The van der Waals surface area contributed by atoms with E-state index in [9.17, 15) is 13.5 Å². The second-order valence-electron chi connectivity index (χ2n) is 3.21. The molecule has 0 fully saturated rings. The summed E-state index contributed by atoms with van der Waals surface area (Å²) in [5.41, 5.74) is 0. The molecule has 0 rings (SSSR count). The fourth-order valence-electron chi connectivity index (χ4n) is 0.982. The third-order valence-electron chi connectivity index (χ3n) is 1.89. The van der Waals surface area contributed by atoms with Crippen molar-refractivity contribution < 1.29 is 18.3 Å². The van der Waals surface area contributed by atoms with Gasteiger partial charge in [0.2, 0.25) is 10.0 Å². The molecule has 0 aromatic rings. The summed E-state index contributed by atoms with van der Waals surface area (Å²) in [4.78, 5) is 0. The van der Waals surface area contributed by atoms with Crippen LogP contribution in [0.25, 0.3) is 0 Å². The number of hydrogen-bond donors (Lipinski definition) is 1. The molecule has 1 N–H and O–H groups in total. The van der Waals surface area contributed by atoms with Crippen LogP contribution in [0.5, 0.6) is 0 Å². The smallest absolute Gasteiger partial charge is 0.230 e. The Morgan fingerprint density at radius 1 is 1.60 bits per heavy atom. The van der Waals surface area contributed by atoms with Gasteiger partial charge in [-0.2, -0.15) is 5.26 Å². The van der Waals surface area contributed by atoms with Gasteiger partial charge >= 0.3 is 0 Å². The first-order chi connectivity index (χ1) is 6.86. The topological polar surface area (TPSA) is 90.6 Å². The molecule has 0 aliphatic carbocycles. The van der Waals surface area contributed by atoms with Crippen LogP contribution in [0.4, 0.5) is 0 Å². The molecule has 0 saturated carbocycles. The van der Waals surface area contributed by atoms with Gasteiger partial charge < -0.3 is 9.84 Å². The van der Waals surface area contributed by atoms with Crippen molar-refractivity contribution in [3.8, 4) is 6.07 Å². The van der Waals surface area contributed by atoms with E-state index in [1.165, 1.54) is 21.1 Å². The predicted octanol–water partition coefficient (Wildman–Crippen LogP) is -0.833. The normalized spacial score (nSPS) is 16.0. The van der Waals surface area contributed by atoms with E-state index in [1.54, 1.807) is 6.07 Å². The number of likely N-dealkylation sites (N-methyl/N-ethyl adjacent to an activating group) is 1. The molecule has 0 saturated heterocycles. The molecule has 88 valence electrons. The molecule has 0 aromatic heterocycles. The van der Waals surface area contributed by atoms with Gasteiger partial charge in [-0.15, -0.1) is 0 Å². The highest BCUT2D eigenvalue weighted by molar-refractivity contribution is 7.89. The van der Waals surface area contributed by atoms with Crippen LogP contribution >= 0.6 is 0 Å². The van der Waals surface area contributed by atoms with E-state index < -0.39 is 21.4 Å². The van der Waals surface area contributed by atoms with Crippen LogP contribution in [0.3, 0.4) is 0 Å². The van der Waals surface area contributed by atoms with Crippen LogP contribution < -0.4 is 0 Å². The second-order valence-corrected chi connectivity index (χ2v) is 5.57. The SMILES string of the molecule is COCC(O)CN(C)S(=O)(=O)C(C)C#N. The molecule has 0 aliphatic heterocycles. The van der Waals surface area contributed by atoms with Gasteiger partial charge in [0, 0.05) is 20.7 Å². The molecule has 0 radical (unpaired) electrons. The maximum absolute atomic E-state index is 11.6. The van der Waals surface area contributed by atoms with Crippen molar-refractivity contribution in [2.45, 2.75) is 18.3 Å². The fourth-order valence-corrected chi connectivity index (χ4v) is 2.04. The lowest BCUT2D eigenvalue weighted by Crippen LogP contribution is -2.40. The predicted molar refractivity (Wildman–Crippen MR) is 54.5 cm³/mol. The third-order valence-corrected chi connectivity index (χ3v) is 3.91. The summed E-state index contributed by atoms with van der Waals surface area (Å²) in [5.74, 6) is 0. The van der Waals surface area contributed by atoms with Crippen LogP contribution in [0.1, 0.15) is 6.92 Å². The highest BCUT2D eigenvalue weighted by Gasteiger charge is 2.27. The van der Waals surface area contributed by atoms with E-state index >= 15 is 0 Å². The van der Waals surface area contributed by atoms with Crippen molar-refractivity contribution in [2.75, 3.05) is 27.3 Å². The van der Waals surface area contributed by atoms with E-state index in [2.05, 4.69) is 4.74 Å². The van der Waals surface area contributed by atoms with Crippen LogP contribution in [-0.2, 0) is 14.8 Å².